The molecule has 0 aromatic heterocycles. The first kappa shape index (κ1) is 25.2. The van der Waals surface area contributed by atoms with Crippen LogP contribution in [-0.2, 0) is 11.2 Å². The molecule has 0 aliphatic heterocycles. The van der Waals surface area contributed by atoms with Gasteiger partial charge in [-0.25, -0.2) is 0 Å². The van der Waals surface area contributed by atoms with Crippen LogP contribution in [0.15, 0.2) is 97.1 Å². The third-order valence-electron chi connectivity index (χ3n) is 6.74. The summed E-state index contributed by atoms with van der Waals surface area (Å²) in [5.74, 6) is 0.832. The van der Waals surface area contributed by atoms with E-state index in [1.165, 1.54) is 0 Å². The first-order valence-corrected chi connectivity index (χ1v) is 13.2. The molecule has 0 aliphatic carbocycles. The minimum absolute atomic E-state index is 0.416. The van der Waals surface area contributed by atoms with Crippen LogP contribution in [0.4, 0.5) is 0 Å². The number of thioether (sulfide) groups is 1. The van der Waals surface area contributed by atoms with Gasteiger partial charge in [0.25, 0.3) is 0 Å². The average Bonchev–Trinajstić information content (AvgIpc) is 2.85. The van der Waals surface area contributed by atoms with Crippen molar-refractivity contribution in [2.45, 2.75) is 38.9 Å². The molecule has 4 aromatic carbocycles. The zero-order valence-electron chi connectivity index (χ0n) is 21.0. The molecule has 0 atom stereocenters. The maximum absolute atomic E-state index is 12.0. The van der Waals surface area contributed by atoms with Crippen molar-refractivity contribution in [3.8, 4) is 0 Å². The molecule has 0 bridgehead atoms. The molecular formula is C32H34O2S. The van der Waals surface area contributed by atoms with Gasteiger partial charge in [-0.3, -0.25) is 0 Å². The molecule has 0 radical (unpaired) electrons. The number of rotatable bonds is 8. The summed E-state index contributed by atoms with van der Waals surface area (Å²) in [4.78, 5) is 0. The van der Waals surface area contributed by atoms with Crippen LogP contribution in [0.1, 0.15) is 44.5 Å². The quantitative estimate of drug-likeness (QED) is 0.289. The van der Waals surface area contributed by atoms with Crippen molar-refractivity contribution in [2.75, 3.05) is 11.5 Å². The smallest absolute Gasteiger partial charge is 0.124 e. The molecule has 0 saturated heterocycles. The van der Waals surface area contributed by atoms with Gasteiger partial charge in [0.05, 0.1) is 0 Å². The van der Waals surface area contributed by atoms with Gasteiger partial charge in [0.15, 0.2) is 0 Å². The molecule has 2 N–H and O–H groups in total. The normalized spacial score (nSPS) is 12.1. The van der Waals surface area contributed by atoms with Gasteiger partial charge in [-0.15, -0.1) is 0 Å². The van der Waals surface area contributed by atoms with E-state index in [4.69, 9.17) is 0 Å². The fourth-order valence-corrected chi connectivity index (χ4v) is 5.69. The molecule has 0 heterocycles. The zero-order valence-corrected chi connectivity index (χ0v) is 21.8. The monoisotopic (exact) mass is 482 g/mol. The molecule has 180 valence electrons. The summed E-state index contributed by atoms with van der Waals surface area (Å²) in [7, 11) is 0. The van der Waals surface area contributed by atoms with Crippen molar-refractivity contribution < 1.29 is 10.2 Å². The van der Waals surface area contributed by atoms with E-state index in [0.717, 1.165) is 44.5 Å². The van der Waals surface area contributed by atoms with E-state index < -0.39 is 11.2 Å². The first-order chi connectivity index (χ1) is 16.7. The Hall–Kier alpha value is -2.85. The lowest BCUT2D eigenvalue weighted by Crippen LogP contribution is -2.34. The van der Waals surface area contributed by atoms with Crippen LogP contribution in [0.3, 0.4) is 0 Å². The second-order valence-electron chi connectivity index (χ2n) is 9.68. The molecule has 2 nitrogen and oxygen atoms in total. The van der Waals surface area contributed by atoms with E-state index in [0.29, 0.717) is 11.5 Å². The summed E-state index contributed by atoms with van der Waals surface area (Å²) < 4.78 is 0. The van der Waals surface area contributed by atoms with Crippen LogP contribution in [0, 0.1) is 27.7 Å². The predicted octanol–water partition coefficient (Wildman–Crippen LogP) is 6.83. The van der Waals surface area contributed by atoms with Gasteiger partial charge >= 0.3 is 0 Å². The summed E-state index contributed by atoms with van der Waals surface area (Å²) in [6.07, 6.45) is 0. The first-order valence-electron chi connectivity index (χ1n) is 12.0. The summed E-state index contributed by atoms with van der Waals surface area (Å²) in [5.41, 5.74) is 5.69. The Morgan fingerprint density at radius 3 is 0.829 bits per heavy atom. The van der Waals surface area contributed by atoms with Crippen molar-refractivity contribution in [3.63, 3.8) is 0 Å². The third-order valence-corrected chi connectivity index (χ3v) is 7.98. The summed E-state index contributed by atoms with van der Waals surface area (Å²) in [6.45, 7) is 8.19. The second kappa shape index (κ2) is 10.4. The van der Waals surface area contributed by atoms with Crippen LogP contribution < -0.4 is 0 Å². The SMILES string of the molecule is Cc1ccc(C(O)(CSCC(O)(c2ccc(C)cc2)c2ccc(C)cc2)c2ccc(C)cc2)cc1. The van der Waals surface area contributed by atoms with Crippen molar-refractivity contribution in [2.24, 2.45) is 0 Å². The highest BCUT2D eigenvalue weighted by Crippen LogP contribution is 2.38. The number of hydrogen-bond acceptors (Lipinski definition) is 3. The minimum atomic E-state index is -1.17. The molecule has 35 heavy (non-hydrogen) atoms. The van der Waals surface area contributed by atoms with E-state index in [1.807, 2.05) is 125 Å². The Balaban J connectivity index is 1.67. The number of aryl methyl sites for hydroxylation is 4. The van der Waals surface area contributed by atoms with Crippen molar-refractivity contribution in [1.29, 1.82) is 0 Å². The second-order valence-corrected chi connectivity index (χ2v) is 10.7. The maximum Gasteiger partial charge on any atom is 0.124 e. The predicted molar refractivity (Wildman–Crippen MR) is 148 cm³/mol. The van der Waals surface area contributed by atoms with Crippen LogP contribution in [0.2, 0.25) is 0 Å². The average molecular weight is 483 g/mol. The summed E-state index contributed by atoms with van der Waals surface area (Å²) in [6, 6.07) is 32.3. The van der Waals surface area contributed by atoms with E-state index in [2.05, 4.69) is 0 Å². The Labute approximate surface area is 213 Å². The molecule has 0 aliphatic rings. The lowest BCUT2D eigenvalue weighted by Gasteiger charge is -2.33. The highest BCUT2D eigenvalue weighted by atomic mass is 32.2. The van der Waals surface area contributed by atoms with Gasteiger partial charge in [-0.2, -0.15) is 11.8 Å². The molecule has 0 spiro atoms. The van der Waals surface area contributed by atoms with E-state index in [-0.39, 0.29) is 0 Å². The molecule has 3 heteroatoms. The van der Waals surface area contributed by atoms with E-state index in [1.54, 1.807) is 11.8 Å². The fraction of sp³-hybridized carbons (Fsp3) is 0.250. The fourth-order valence-electron chi connectivity index (χ4n) is 4.33. The largest absolute Gasteiger partial charge is 0.380 e. The van der Waals surface area contributed by atoms with Gasteiger partial charge in [0, 0.05) is 11.5 Å². The Morgan fingerprint density at radius 2 is 0.629 bits per heavy atom. The van der Waals surface area contributed by atoms with Crippen LogP contribution in [0.25, 0.3) is 0 Å². The molecule has 4 aromatic rings. The van der Waals surface area contributed by atoms with Gasteiger partial charge in [-0.05, 0) is 49.9 Å². The summed E-state index contributed by atoms with van der Waals surface area (Å²) >= 11 is 1.56. The van der Waals surface area contributed by atoms with Gasteiger partial charge < -0.3 is 10.2 Å². The van der Waals surface area contributed by atoms with Crippen molar-refractivity contribution in [3.05, 3.63) is 142 Å². The molecule has 0 saturated carbocycles. The van der Waals surface area contributed by atoms with Crippen molar-refractivity contribution >= 4 is 11.8 Å². The maximum atomic E-state index is 12.0. The van der Waals surface area contributed by atoms with Crippen molar-refractivity contribution in [1.82, 2.24) is 0 Å². The van der Waals surface area contributed by atoms with E-state index in [9.17, 15) is 10.2 Å². The van der Waals surface area contributed by atoms with Gasteiger partial charge in [0.2, 0.25) is 0 Å². The van der Waals surface area contributed by atoms with E-state index >= 15 is 0 Å². The van der Waals surface area contributed by atoms with Gasteiger partial charge in [0.1, 0.15) is 11.2 Å². The molecule has 0 amide bonds. The number of benzene rings is 4. The minimum Gasteiger partial charge on any atom is -0.380 e. The highest BCUT2D eigenvalue weighted by Gasteiger charge is 2.36. The third kappa shape index (κ3) is 5.54. The van der Waals surface area contributed by atoms with Crippen LogP contribution in [0.5, 0.6) is 0 Å². The Kier molecular flexibility index (Phi) is 7.51. The highest BCUT2D eigenvalue weighted by molar-refractivity contribution is 7.99. The molecule has 4 rings (SSSR count). The molecule has 0 unspecified atom stereocenters. The Morgan fingerprint density at radius 1 is 0.429 bits per heavy atom. The number of aliphatic hydroxyl groups is 2. The van der Waals surface area contributed by atoms with Crippen LogP contribution in [-0.4, -0.2) is 21.7 Å². The molecule has 0 fully saturated rings. The van der Waals surface area contributed by atoms with Gasteiger partial charge in [-0.1, -0.05) is 119 Å². The lowest BCUT2D eigenvalue weighted by molar-refractivity contribution is 0.102. The number of hydrogen-bond donors (Lipinski definition) is 2. The Bertz CT molecular complexity index is 1050. The topological polar surface area (TPSA) is 40.5 Å². The standard InChI is InChI=1S/C32H34O2S/c1-23-5-13-27(14-6-23)31(33,28-15-7-24(2)8-16-28)21-35-22-32(34,29-17-9-25(3)10-18-29)30-19-11-26(4)12-20-30/h5-20,33-34H,21-22H2,1-4H3. The lowest BCUT2D eigenvalue weighted by atomic mass is 9.87. The van der Waals surface area contributed by atoms with Crippen LogP contribution >= 0.6 is 11.8 Å². The zero-order chi connectivity index (χ0) is 25.1. The molecular weight excluding hydrogens is 448 g/mol. The summed E-state index contributed by atoms with van der Waals surface area (Å²) in [5, 5.41) is 24.1.